The SMILES string of the molecule is CC(Nc1ccc(OCC#N)cc1)c1ccc(O)cc1F. The average molecular weight is 286 g/mol. The zero-order valence-corrected chi connectivity index (χ0v) is 11.5. The number of halogens is 1. The van der Waals surface area contributed by atoms with Crippen molar-refractivity contribution in [2.45, 2.75) is 13.0 Å². The number of anilines is 1. The Kier molecular flexibility index (Phi) is 4.62. The van der Waals surface area contributed by atoms with Crippen LogP contribution in [0.15, 0.2) is 42.5 Å². The van der Waals surface area contributed by atoms with Crippen molar-refractivity contribution in [1.29, 1.82) is 5.26 Å². The van der Waals surface area contributed by atoms with Gasteiger partial charge in [0.05, 0.1) is 6.04 Å². The Balaban J connectivity index is 2.05. The van der Waals surface area contributed by atoms with E-state index in [2.05, 4.69) is 5.32 Å². The second-order valence-corrected chi connectivity index (χ2v) is 4.54. The van der Waals surface area contributed by atoms with Crippen molar-refractivity contribution in [2.75, 3.05) is 11.9 Å². The van der Waals surface area contributed by atoms with Crippen LogP contribution in [0.5, 0.6) is 11.5 Å². The lowest BCUT2D eigenvalue weighted by molar-refractivity contribution is 0.368. The van der Waals surface area contributed by atoms with E-state index in [1.165, 1.54) is 6.07 Å². The van der Waals surface area contributed by atoms with Gasteiger partial charge in [0.1, 0.15) is 23.4 Å². The molecule has 2 aromatic carbocycles. The van der Waals surface area contributed by atoms with Crippen LogP contribution in [-0.2, 0) is 0 Å². The van der Waals surface area contributed by atoms with Crippen LogP contribution in [0.2, 0.25) is 0 Å². The molecule has 0 amide bonds. The quantitative estimate of drug-likeness (QED) is 0.881. The van der Waals surface area contributed by atoms with Crippen LogP contribution in [-0.4, -0.2) is 11.7 Å². The van der Waals surface area contributed by atoms with E-state index in [0.29, 0.717) is 11.3 Å². The molecule has 2 rings (SSSR count). The molecular formula is C16H15FN2O2. The van der Waals surface area contributed by atoms with Gasteiger partial charge < -0.3 is 15.2 Å². The molecule has 2 N–H and O–H groups in total. The Morgan fingerprint density at radius 2 is 2.00 bits per heavy atom. The van der Waals surface area contributed by atoms with E-state index in [0.717, 1.165) is 11.8 Å². The summed E-state index contributed by atoms with van der Waals surface area (Å²) in [6.45, 7) is 1.83. The first-order chi connectivity index (χ1) is 10.1. The summed E-state index contributed by atoms with van der Waals surface area (Å²) in [5.41, 5.74) is 1.27. The van der Waals surface area contributed by atoms with Crippen LogP contribution in [0.25, 0.3) is 0 Å². The number of phenols is 1. The third kappa shape index (κ3) is 3.86. The lowest BCUT2D eigenvalue weighted by Crippen LogP contribution is -2.08. The summed E-state index contributed by atoms with van der Waals surface area (Å²) in [6, 6.07) is 12.8. The first-order valence-electron chi connectivity index (χ1n) is 6.45. The fourth-order valence-electron chi connectivity index (χ4n) is 1.96. The molecule has 0 saturated carbocycles. The van der Waals surface area contributed by atoms with Crippen molar-refractivity contribution in [3.63, 3.8) is 0 Å². The number of hydrogen-bond acceptors (Lipinski definition) is 4. The summed E-state index contributed by atoms with van der Waals surface area (Å²) in [5, 5.41) is 20.8. The highest BCUT2D eigenvalue weighted by molar-refractivity contribution is 5.48. The molecule has 0 fully saturated rings. The topological polar surface area (TPSA) is 65.3 Å². The van der Waals surface area contributed by atoms with Gasteiger partial charge in [-0.25, -0.2) is 4.39 Å². The molecule has 0 aliphatic rings. The Morgan fingerprint density at radius 3 is 2.62 bits per heavy atom. The van der Waals surface area contributed by atoms with E-state index < -0.39 is 5.82 Å². The maximum absolute atomic E-state index is 13.8. The molecular weight excluding hydrogens is 271 g/mol. The summed E-state index contributed by atoms with van der Waals surface area (Å²) in [5.74, 6) is 0.0528. The van der Waals surface area contributed by atoms with Crippen LogP contribution in [0.3, 0.4) is 0 Å². The highest BCUT2D eigenvalue weighted by Crippen LogP contribution is 2.25. The smallest absolute Gasteiger partial charge is 0.174 e. The minimum Gasteiger partial charge on any atom is -0.508 e. The zero-order chi connectivity index (χ0) is 15.2. The molecule has 0 aromatic heterocycles. The molecule has 0 bridgehead atoms. The summed E-state index contributed by atoms with van der Waals surface area (Å²) in [7, 11) is 0. The lowest BCUT2D eigenvalue weighted by atomic mass is 10.1. The number of phenolic OH excluding ortho intramolecular Hbond substituents is 1. The molecule has 21 heavy (non-hydrogen) atoms. The number of aromatic hydroxyl groups is 1. The fourth-order valence-corrected chi connectivity index (χ4v) is 1.96. The van der Waals surface area contributed by atoms with E-state index >= 15 is 0 Å². The van der Waals surface area contributed by atoms with Gasteiger partial charge in [-0.1, -0.05) is 6.07 Å². The minimum atomic E-state index is -0.455. The van der Waals surface area contributed by atoms with E-state index in [-0.39, 0.29) is 18.4 Å². The molecule has 1 unspecified atom stereocenters. The number of ether oxygens (including phenoxy) is 1. The minimum absolute atomic E-state index is 0.00188. The van der Waals surface area contributed by atoms with Crippen molar-refractivity contribution < 1.29 is 14.2 Å². The summed E-state index contributed by atoms with van der Waals surface area (Å²) in [4.78, 5) is 0. The normalized spacial score (nSPS) is 11.5. The van der Waals surface area contributed by atoms with Crippen molar-refractivity contribution in [3.05, 3.63) is 53.8 Å². The zero-order valence-electron chi connectivity index (χ0n) is 11.5. The molecule has 4 nitrogen and oxygen atoms in total. The standard InChI is InChI=1S/C16H15FN2O2/c1-11(15-7-4-13(20)10-16(15)17)19-12-2-5-14(6-3-12)21-9-8-18/h2-7,10-11,19-20H,9H2,1H3. The average Bonchev–Trinajstić information content (AvgIpc) is 2.46. The summed E-state index contributed by atoms with van der Waals surface area (Å²) >= 11 is 0. The summed E-state index contributed by atoms with van der Waals surface area (Å²) in [6.07, 6.45) is 0. The first kappa shape index (κ1) is 14.7. The van der Waals surface area contributed by atoms with E-state index in [4.69, 9.17) is 10.00 Å². The van der Waals surface area contributed by atoms with Crippen LogP contribution in [0, 0.1) is 17.1 Å². The molecule has 0 radical (unpaired) electrons. The van der Waals surface area contributed by atoms with E-state index in [9.17, 15) is 9.50 Å². The molecule has 0 heterocycles. The van der Waals surface area contributed by atoms with Gasteiger partial charge in [-0.05, 0) is 37.3 Å². The van der Waals surface area contributed by atoms with Crippen LogP contribution in [0.4, 0.5) is 10.1 Å². The molecule has 0 saturated heterocycles. The monoisotopic (exact) mass is 286 g/mol. The second kappa shape index (κ2) is 6.62. The Morgan fingerprint density at radius 1 is 1.29 bits per heavy atom. The van der Waals surface area contributed by atoms with Crippen LogP contribution < -0.4 is 10.1 Å². The van der Waals surface area contributed by atoms with Crippen molar-refractivity contribution in [3.8, 4) is 17.6 Å². The third-order valence-corrected chi connectivity index (χ3v) is 2.99. The van der Waals surface area contributed by atoms with E-state index in [1.807, 2.05) is 13.0 Å². The number of nitrogens with one attached hydrogen (secondary N) is 1. The van der Waals surface area contributed by atoms with Gasteiger partial charge in [0, 0.05) is 17.3 Å². The predicted octanol–water partition coefficient (Wildman–Crippen LogP) is 3.61. The number of nitriles is 1. The van der Waals surface area contributed by atoms with E-state index in [1.54, 1.807) is 30.3 Å². The van der Waals surface area contributed by atoms with Crippen LogP contribution >= 0.6 is 0 Å². The molecule has 0 spiro atoms. The Hall–Kier alpha value is -2.74. The maximum atomic E-state index is 13.8. The van der Waals surface area contributed by atoms with Crippen molar-refractivity contribution >= 4 is 5.69 Å². The van der Waals surface area contributed by atoms with Gasteiger partial charge in [0.15, 0.2) is 6.61 Å². The molecule has 1 atom stereocenters. The molecule has 5 heteroatoms. The lowest BCUT2D eigenvalue weighted by Gasteiger charge is -2.16. The highest BCUT2D eigenvalue weighted by Gasteiger charge is 2.11. The molecule has 0 aliphatic carbocycles. The van der Waals surface area contributed by atoms with Crippen molar-refractivity contribution in [1.82, 2.24) is 0 Å². The van der Waals surface area contributed by atoms with Gasteiger partial charge in [0.2, 0.25) is 0 Å². The van der Waals surface area contributed by atoms with Gasteiger partial charge in [0.25, 0.3) is 0 Å². The van der Waals surface area contributed by atoms with Gasteiger partial charge in [-0.2, -0.15) is 5.26 Å². The first-order valence-corrected chi connectivity index (χ1v) is 6.45. The van der Waals surface area contributed by atoms with Crippen molar-refractivity contribution in [2.24, 2.45) is 0 Å². The predicted molar refractivity (Wildman–Crippen MR) is 77.7 cm³/mol. The Labute approximate surface area is 122 Å². The molecule has 2 aromatic rings. The van der Waals surface area contributed by atoms with Gasteiger partial charge in [-0.15, -0.1) is 0 Å². The Bertz CT molecular complexity index is 650. The van der Waals surface area contributed by atoms with Gasteiger partial charge >= 0.3 is 0 Å². The number of rotatable bonds is 5. The number of benzene rings is 2. The molecule has 0 aliphatic heterocycles. The maximum Gasteiger partial charge on any atom is 0.174 e. The molecule has 108 valence electrons. The summed E-state index contributed by atoms with van der Waals surface area (Å²) < 4.78 is 18.9. The van der Waals surface area contributed by atoms with Gasteiger partial charge in [-0.3, -0.25) is 0 Å². The number of nitrogens with zero attached hydrogens (tertiary/aromatic N) is 1. The fraction of sp³-hybridized carbons (Fsp3) is 0.188. The third-order valence-electron chi connectivity index (χ3n) is 2.99. The highest BCUT2D eigenvalue weighted by atomic mass is 19.1. The number of hydrogen-bond donors (Lipinski definition) is 2. The van der Waals surface area contributed by atoms with Crippen LogP contribution in [0.1, 0.15) is 18.5 Å². The largest absolute Gasteiger partial charge is 0.508 e. The second-order valence-electron chi connectivity index (χ2n) is 4.54.